The van der Waals surface area contributed by atoms with Gasteiger partial charge in [-0.25, -0.2) is 0 Å². The van der Waals surface area contributed by atoms with Gasteiger partial charge in [0, 0.05) is 25.0 Å². The van der Waals surface area contributed by atoms with Crippen LogP contribution in [0.4, 0.5) is 0 Å². The van der Waals surface area contributed by atoms with Gasteiger partial charge in [-0.1, -0.05) is 30.3 Å². The first kappa shape index (κ1) is 18.6. The fourth-order valence-electron chi connectivity index (χ4n) is 4.19. The standard InChI is InChI=1S/C22H29N3O/c1-25(2)21(18-7-4-3-5-8-18)19-12-10-17(11-13-19)15-24-22(26)20-9-6-14-23-16-20/h3-9,14,16-17,19,21H,10-13,15H2,1-2H3,(H,24,26). The van der Waals surface area contributed by atoms with Crippen LogP contribution in [0.5, 0.6) is 0 Å². The summed E-state index contributed by atoms with van der Waals surface area (Å²) in [4.78, 5) is 18.5. The van der Waals surface area contributed by atoms with E-state index in [0.29, 0.717) is 23.4 Å². The topological polar surface area (TPSA) is 45.2 Å². The van der Waals surface area contributed by atoms with Gasteiger partial charge >= 0.3 is 0 Å². The van der Waals surface area contributed by atoms with Crippen molar-refractivity contribution in [3.63, 3.8) is 0 Å². The molecule has 1 atom stereocenters. The maximum Gasteiger partial charge on any atom is 0.252 e. The number of rotatable bonds is 6. The predicted octanol–water partition coefficient (Wildman–Crippen LogP) is 3.92. The van der Waals surface area contributed by atoms with E-state index in [1.165, 1.54) is 31.2 Å². The molecule has 1 aromatic heterocycles. The van der Waals surface area contributed by atoms with Crippen LogP contribution in [0.1, 0.15) is 47.6 Å². The number of amides is 1. The van der Waals surface area contributed by atoms with E-state index in [0.717, 1.165) is 6.54 Å². The summed E-state index contributed by atoms with van der Waals surface area (Å²) in [5, 5.41) is 3.08. The van der Waals surface area contributed by atoms with Crippen LogP contribution in [0.3, 0.4) is 0 Å². The van der Waals surface area contributed by atoms with Crippen LogP contribution in [0, 0.1) is 11.8 Å². The van der Waals surface area contributed by atoms with Crippen molar-refractivity contribution in [2.45, 2.75) is 31.7 Å². The Kier molecular flexibility index (Phi) is 6.40. The smallest absolute Gasteiger partial charge is 0.252 e. The molecule has 1 unspecified atom stereocenters. The maximum absolute atomic E-state index is 12.2. The lowest BCUT2D eigenvalue weighted by Gasteiger charge is -2.37. The zero-order valence-electron chi connectivity index (χ0n) is 15.8. The number of hydrogen-bond acceptors (Lipinski definition) is 3. The number of nitrogens with zero attached hydrogens (tertiary/aromatic N) is 2. The Bertz CT molecular complexity index is 679. The van der Waals surface area contributed by atoms with E-state index in [4.69, 9.17) is 0 Å². The number of hydrogen-bond donors (Lipinski definition) is 1. The third-order valence-corrected chi connectivity index (χ3v) is 5.51. The molecule has 1 heterocycles. The fourth-order valence-corrected chi connectivity index (χ4v) is 4.19. The van der Waals surface area contributed by atoms with Crippen molar-refractivity contribution in [3.8, 4) is 0 Å². The van der Waals surface area contributed by atoms with Gasteiger partial charge < -0.3 is 10.2 Å². The van der Waals surface area contributed by atoms with Crippen molar-refractivity contribution in [2.75, 3.05) is 20.6 Å². The number of benzene rings is 1. The van der Waals surface area contributed by atoms with Crippen molar-refractivity contribution in [3.05, 3.63) is 66.0 Å². The highest BCUT2D eigenvalue weighted by molar-refractivity contribution is 5.93. The Hall–Kier alpha value is -2.20. The Morgan fingerprint density at radius 1 is 1.12 bits per heavy atom. The Morgan fingerprint density at radius 3 is 2.46 bits per heavy atom. The van der Waals surface area contributed by atoms with Crippen molar-refractivity contribution < 1.29 is 4.79 Å². The first-order chi connectivity index (χ1) is 12.6. The summed E-state index contributed by atoms with van der Waals surface area (Å²) in [6.45, 7) is 0.762. The minimum absolute atomic E-state index is 0.0179. The van der Waals surface area contributed by atoms with Gasteiger partial charge in [-0.3, -0.25) is 9.78 Å². The summed E-state index contributed by atoms with van der Waals surface area (Å²) in [5.41, 5.74) is 2.05. The summed E-state index contributed by atoms with van der Waals surface area (Å²) in [6.07, 6.45) is 8.08. The highest BCUT2D eigenvalue weighted by Gasteiger charge is 2.30. The molecular formula is C22H29N3O. The van der Waals surface area contributed by atoms with Crippen LogP contribution in [0.2, 0.25) is 0 Å². The van der Waals surface area contributed by atoms with E-state index in [2.05, 4.69) is 59.6 Å². The summed E-state index contributed by atoms with van der Waals surface area (Å²) in [7, 11) is 4.36. The lowest BCUT2D eigenvalue weighted by atomic mass is 9.76. The SMILES string of the molecule is CN(C)C(c1ccccc1)C1CCC(CNC(=O)c2cccnc2)CC1. The van der Waals surface area contributed by atoms with Crippen molar-refractivity contribution in [2.24, 2.45) is 11.8 Å². The van der Waals surface area contributed by atoms with Gasteiger partial charge in [-0.2, -0.15) is 0 Å². The molecule has 1 aliphatic carbocycles. The average Bonchev–Trinajstić information content (AvgIpc) is 2.68. The third kappa shape index (κ3) is 4.70. The van der Waals surface area contributed by atoms with Gasteiger partial charge in [0.2, 0.25) is 0 Å². The molecule has 1 saturated carbocycles. The lowest BCUT2D eigenvalue weighted by molar-refractivity contribution is 0.0934. The van der Waals surface area contributed by atoms with E-state index in [-0.39, 0.29) is 5.91 Å². The van der Waals surface area contributed by atoms with E-state index < -0.39 is 0 Å². The molecule has 2 aromatic rings. The van der Waals surface area contributed by atoms with Crippen LogP contribution in [0.15, 0.2) is 54.9 Å². The molecule has 1 N–H and O–H groups in total. The highest BCUT2D eigenvalue weighted by atomic mass is 16.1. The molecule has 0 radical (unpaired) electrons. The summed E-state index contributed by atoms with van der Waals surface area (Å²) < 4.78 is 0. The largest absolute Gasteiger partial charge is 0.352 e. The van der Waals surface area contributed by atoms with Gasteiger partial charge in [0.1, 0.15) is 0 Å². The normalized spacial score (nSPS) is 21.3. The molecule has 4 heteroatoms. The van der Waals surface area contributed by atoms with Crippen LogP contribution in [-0.2, 0) is 0 Å². The molecule has 1 aliphatic rings. The zero-order valence-corrected chi connectivity index (χ0v) is 15.8. The number of carbonyl (C=O) groups excluding carboxylic acids is 1. The summed E-state index contributed by atoms with van der Waals surface area (Å²) >= 11 is 0. The van der Waals surface area contributed by atoms with Gasteiger partial charge in [0.05, 0.1) is 5.56 Å². The minimum atomic E-state index is -0.0179. The molecule has 1 fully saturated rings. The summed E-state index contributed by atoms with van der Waals surface area (Å²) in [6, 6.07) is 14.9. The van der Waals surface area contributed by atoms with Gasteiger partial charge in [-0.15, -0.1) is 0 Å². The Balaban J connectivity index is 1.51. The van der Waals surface area contributed by atoms with Crippen LogP contribution in [-0.4, -0.2) is 36.4 Å². The molecule has 1 aromatic carbocycles. The molecule has 0 spiro atoms. The lowest BCUT2D eigenvalue weighted by Crippen LogP contribution is -2.34. The van der Waals surface area contributed by atoms with Crippen molar-refractivity contribution in [1.29, 1.82) is 0 Å². The summed E-state index contributed by atoms with van der Waals surface area (Å²) in [5.74, 6) is 1.24. The minimum Gasteiger partial charge on any atom is -0.352 e. The van der Waals surface area contributed by atoms with Crippen LogP contribution >= 0.6 is 0 Å². The number of carbonyl (C=O) groups is 1. The predicted molar refractivity (Wildman–Crippen MR) is 105 cm³/mol. The van der Waals surface area contributed by atoms with E-state index in [1.807, 2.05) is 0 Å². The van der Waals surface area contributed by atoms with E-state index in [9.17, 15) is 4.79 Å². The van der Waals surface area contributed by atoms with Gasteiger partial charge in [0.25, 0.3) is 5.91 Å². The number of aromatic nitrogens is 1. The first-order valence-electron chi connectivity index (χ1n) is 9.54. The van der Waals surface area contributed by atoms with E-state index in [1.54, 1.807) is 24.5 Å². The molecule has 26 heavy (non-hydrogen) atoms. The maximum atomic E-state index is 12.2. The number of nitrogens with one attached hydrogen (secondary N) is 1. The quantitative estimate of drug-likeness (QED) is 0.858. The first-order valence-corrected chi connectivity index (χ1v) is 9.54. The second kappa shape index (κ2) is 8.95. The van der Waals surface area contributed by atoms with Crippen molar-refractivity contribution >= 4 is 5.91 Å². The molecule has 0 saturated heterocycles. The molecule has 0 aliphatic heterocycles. The average molecular weight is 351 g/mol. The zero-order chi connectivity index (χ0) is 18.4. The second-order valence-electron chi connectivity index (χ2n) is 7.55. The highest BCUT2D eigenvalue weighted by Crippen LogP contribution is 2.39. The molecule has 0 bridgehead atoms. The monoisotopic (exact) mass is 351 g/mol. The molecule has 4 nitrogen and oxygen atoms in total. The third-order valence-electron chi connectivity index (χ3n) is 5.51. The Morgan fingerprint density at radius 2 is 1.85 bits per heavy atom. The van der Waals surface area contributed by atoms with Gasteiger partial charge in [-0.05, 0) is 69.3 Å². The fraction of sp³-hybridized carbons (Fsp3) is 0.455. The molecule has 1 amide bonds. The van der Waals surface area contributed by atoms with E-state index >= 15 is 0 Å². The Labute approximate surface area is 156 Å². The van der Waals surface area contributed by atoms with Gasteiger partial charge in [0.15, 0.2) is 0 Å². The van der Waals surface area contributed by atoms with Crippen LogP contribution < -0.4 is 5.32 Å². The molecule has 138 valence electrons. The van der Waals surface area contributed by atoms with Crippen molar-refractivity contribution in [1.82, 2.24) is 15.2 Å². The molecular weight excluding hydrogens is 322 g/mol. The number of pyridine rings is 1. The second-order valence-corrected chi connectivity index (χ2v) is 7.55. The van der Waals surface area contributed by atoms with Crippen LogP contribution in [0.25, 0.3) is 0 Å². The molecule has 3 rings (SSSR count).